The van der Waals surface area contributed by atoms with Crippen LogP contribution in [0.2, 0.25) is 0 Å². The largest absolute Gasteiger partial charge is 0.487 e. The zero-order chi connectivity index (χ0) is 37.6. The monoisotopic (exact) mass is 769 g/mol. The minimum atomic E-state index is -0.312. The van der Waals surface area contributed by atoms with E-state index in [0.29, 0.717) is 142 Å². The van der Waals surface area contributed by atoms with E-state index in [1.54, 1.807) is 40.5 Å². The quantitative estimate of drug-likeness (QED) is 0.0961. The summed E-state index contributed by atoms with van der Waals surface area (Å²) in [5, 5.41) is 2.63. The second-order valence-corrected chi connectivity index (χ2v) is 10.4. The van der Waals surface area contributed by atoms with E-state index in [1.807, 2.05) is 0 Å². The average molecular weight is 770 g/mol. The summed E-state index contributed by atoms with van der Waals surface area (Å²) in [7, 11) is 6.43. The lowest BCUT2D eigenvalue weighted by Gasteiger charge is -2.19. The standard InChI is InChI=1S/C35H63NO16.CH4/c1-36-35(37)31-29-32(50-26-23-47-20-17-44-14-11-41-8-5-38-2)34(52-28-25-49-22-19-46-16-13-43-10-7-40-4)33(30-31)51-27-24-48-21-18-45-15-12-42-9-6-39-3;/h29-30H,5-28H2,1-4H3,(H,36,37);1H4. The number of hydrogen-bond donors (Lipinski definition) is 1. The summed E-state index contributed by atoms with van der Waals surface area (Å²) in [6.45, 7) is 9.86. The molecule has 1 rings (SSSR count). The molecule has 0 saturated heterocycles. The van der Waals surface area contributed by atoms with Gasteiger partial charge in [0.2, 0.25) is 5.75 Å². The highest BCUT2D eigenvalue weighted by atomic mass is 16.6. The topological polar surface area (TPSA) is 168 Å². The number of rotatable bonds is 40. The Morgan fingerprint density at radius 3 is 0.925 bits per heavy atom. The van der Waals surface area contributed by atoms with Crippen molar-refractivity contribution < 1.29 is 75.8 Å². The summed E-state index contributed by atoms with van der Waals surface area (Å²) in [4.78, 5) is 12.6. The molecule has 1 amide bonds. The van der Waals surface area contributed by atoms with Gasteiger partial charge in [0.1, 0.15) is 19.8 Å². The van der Waals surface area contributed by atoms with Crippen LogP contribution in [0.3, 0.4) is 0 Å². The van der Waals surface area contributed by atoms with Crippen LogP contribution in [0.15, 0.2) is 12.1 Å². The molecule has 0 aliphatic carbocycles. The van der Waals surface area contributed by atoms with Crippen LogP contribution in [0.1, 0.15) is 17.8 Å². The summed E-state index contributed by atoms with van der Waals surface area (Å²) >= 11 is 0. The van der Waals surface area contributed by atoms with E-state index >= 15 is 0 Å². The lowest BCUT2D eigenvalue weighted by atomic mass is 10.1. The summed E-state index contributed by atoms with van der Waals surface area (Å²) in [6.07, 6.45) is 0. The van der Waals surface area contributed by atoms with E-state index in [9.17, 15) is 4.79 Å². The normalized spacial score (nSPS) is 11.0. The fourth-order valence-corrected chi connectivity index (χ4v) is 3.88. The van der Waals surface area contributed by atoms with Crippen molar-refractivity contribution in [1.29, 1.82) is 0 Å². The zero-order valence-electron chi connectivity index (χ0n) is 31.7. The Hall–Kier alpha value is -2.39. The van der Waals surface area contributed by atoms with Crippen molar-refractivity contribution in [3.05, 3.63) is 17.7 Å². The third-order valence-electron chi connectivity index (χ3n) is 6.48. The maximum absolute atomic E-state index is 12.6. The molecule has 0 saturated carbocycles. The SMILES string of the molecule is C.CNC(=O)c1cc(OCCOCCOCCOCCOC)c(OCCOCCOCCOCCOC)c(OCCOCCOCCOCCOC)c1. The fraction of sp³-hybridized carbons (Fsp3) is 0.806. The van der Waals surface area contributed by atoms with Crippen molar-refractivity contribution in [3.8, 4) is 17.2 Å². The molecule has 0 bridgehead atoms. The highest BCUT2D eigenvalue weighted by Gasteiger charge is 2.19. The number of methoxy groups -OCH3 is 3. The van der Waals surface area contributed by atoms with Crippen LogP contribution in [-0.2, 0) is 56.8 Å². The van der Waals surface area contributed by atoms with Crippen LogP contribution < -0.4 is 19.5 Å². The summed E-state index contributed by atoms with van der Waals surface area (Å²) in [6, 6.07) is 3.20. The predicted molar refractivity (Wildman–Crippen MR) is 196 cm³/mol. The molecule has 0 unspecified atom stereocenters. The number of nitrogens with one attached hydrogen (secondary N) is 1. The molecule has 1 N–H and O–H groups in total. The molecular formula is C36H67NO16. The Kier molecular flexibility index (Phi) is 37.5. The van der Waals surface area contributed by atoms with Gasteiger partial charge in [0.05, 0.1) is 139 Å². The predicted octanol–water partition coefficient (Wildman–Crippen LogP) is 1.91. The van der Waals surface area contributed by atoms with Crippen LogP contribution in [-0.4, -0.2) is 193 Å². The van der Waals surface area contributed by atoms with Crippen molar-refractivity contribution in [1.82, 2.24) is 5.32 Å². The number of carbonyl (C=O) groups is 1. The minimum absolute atomic E-state index is 0. The summed E-state index contributed by atoms with van der Waals surface area (Å²) < 4.78 is 82.6. The van der Waals surface area contributed by atoms with Crippen LogP contribution in [0.5, 0.6) is 17.2 Å². The maximum Gasteiger partial charge on any atom is 0.251 e. The van der Waals surface area contributed by atoms with E-state index < -0.39 is 0 Å². The number of carbonyl (C=O) groups excluding carboxylic acids is 1. The van der Waals surface area contributed by atoms with E-state index in [4.69, 9.17) is 71.1 Å². The molecule has 0 atom stereocenters. The van der Waals surface area contributed by atoms with Crippen molar-refractivity contribution in [2.75, 3.05) is 187 Å². The molecular weight excluding hydrogens is 702 g/mol. The second kappa shape index (κ2) is 39.3. The molecule has 0 spiro atoms. The number of ether oxygens (including phenoxy) is 15. The first-order valence-electron chi connectivity index (χ1n) is 17.6. The van der Waals surface area contributed by atoms with Gasteiger partial charge in [-0.3, -0.25) is 4.79 Å². The van der Waals surface area contributed by atoms with Gasteiger partial charge in [-0.1, -0.05) is 7.43 Å². The lowest BCUT2D eigenvalue weighted by Crippen LogP contribution is -2.19. The molecule has 0 aliphatic rings. The molecule has 0 aliphatic heterocycles. The van der Waals surface area contributed by atoms with E-state index in [2.05, 4.69) is 5.32 Å². The van der Waals surface area contributed by atoms with Gasteiger partial charge in [0, 0.05) is 33.9 Å². The Labute approximate surface area is 316 Å². The van der Waals surface area contributed by atoms with Crippen molar-refractivity contribution >= 4 is 5.91 Å². The number of amides is 1. The van der Waals surface area contributed by atoms with Gasteiger partial charge in [0.15, 0.2) is 11.5 Å². The van der Waals surface area contributed by atoms with Crippen molar-refractivity contribution in [2.24, 2.45) is 0 Å². The third kappa shape index (κ3) is 29.6. The number of hydrogen-bond acceptors (Lipinski definition) is 16. The van der Waals surface area contributed by atoms with Crippen LogP contribution in [0.25, 0.3) is 0 Å². The molecule has 0 radical (unpaired) electrons. The smallest absolute Gasteiger partial charge is 0.251 e. The molecule has 0 heterocycles. The molecule has 1 aromatic carbocycles. The van der Waals surface area contributed by atoms with Crippen molar-refractivity contribution in [3.63, 3.8) is 0 Å². The first-order chi connectivity index (χ1) is 25.7. The first-order valence-corrected chi connectivity index (χ1v) is 17.6. The summed E-state index contributed by atoms with van der Waals surface area (Å²) in [5.41, 5.74) is 0.337. The van der Waals surface area contributed by atoms with E-state index in [1.165, 1.54) is 0 Å². The van der Waals surface area contributed by atoms with Gasteiger partial charge in [-0.25, -0.2) is 0 Å². The van der Waals surface area contributed by atoms with Gasteiger partial charge in [-0.15, -0.1) is 0 Å². The highest BCUT2D eigenvalue weighted by molar-refractivity contribution is 5.95. The molecule has 53 heavy (non-hydrogen) atoms. The zero-order valence-corrected chi connectivity index (χ0v) is 31.7. The Morgan fingerprint density at radius 1 is 0.415 bits per heavy atom. The van der Waals surface area contributed by atoms with E-state index in [0.717, 1.165) is 0 Å². The molecule has 0 aromatic heterocycles. The fourth-order valence-electron chi connectivity index (χ4n) is 3.88. The van der Waals surface area contributed by atoms with Gasteiger partial charge in [0.25, 0.3) is 5.91 Å². The minimum Gasteiger partial charge on any atom is -0.487 e. The second-order valence-electron chi connectivity index (χ2n) is 10.4. The number of benzene rings is 1. The highest BCUT2D eigenvalue weighted by Crippen LogP contribution is 2.39. The van der Waals surface area contributed by atoms with Crippen LogP contribution >= 0.6 is 0 Å². The molecule has 0 fully saturated rings. The Bertz CT molecular complexity index is 896. The van der Waals surface area contributed by atoms with Gasteiger partial charge in [-0.05, 0) is 12.1 Å². The molecule has 312 valence electrons. The molecule has 17 heteroatoms. The Morgan fingerprint density at radius 2 is 0.660 bits per heavy atom. The van der Waals surface area contributed by atoms with Crippen LogP contribution in [0.4, 0.5) is 0 Å². The third-order valence-corrected chi connectivity index (χ3v) is 6.48. The maximum atomic E-state index is 12.6. The molecule has 17 nitrogen and oxygen atoms in total. The Balaban J connectivity index is 0.0000270. The lowest BCUT2D eigenvalue weighted by molar-refractivity contribution is -0.00160. The van der Waals surface area contributed by atoms with Gasteiger partial charge < -0.3 is 76.4 Å². The van der Waals surface area contributed by atoms with Crippen LogP contribution in [0, 0.1) is 0 Å². The van der Waals surface area contributed by atoms with Gasteiger partial charge in [-0.2, -0.15) is 0 Å². The molecule has 1 aromatic rings. The average Bonchev–Trinajstić information content (AvgIpc) is 3.16. The van der Waals surface area contributed by atoms with E-state index in [-0.39, 0.29) is 53.0 Å². The summed E-state index contributed by atoms with van der Waals surface area (Å²) in [5.74, 6) is 0.660. The van der Waals surface area contributed by atoms with Gasteiger partial charge >= 0.3 is 0 Å². The van der Waals surface area contributed by atoms with Crippen molar-refractivity contribution in [2.45, 2.75) is 7.43 Å². The first kappa shape index (κ1) is 50.6.